The van der Waals surface area contributed by atoms with Crippen molar-refractivity contribution in [1.29, 1.82) is 0 Å². The van der Waals surface area contributed by atoms with E-state index in [0.717, 1.165) is 28.0 Å². The lowest BCUT2D eigenvalue weighted by atomic mass is 9.95. The lowest BCUT2D eigenvalue weighted by molar-refractivity contribution is 0.412. The number of methoxy groups -OCH3 is 1. The van der Waals surface area contributed by atoms with Crippen LogP contribution >= 0.6 is 0 Å². The van der Waals surface area contributed by atoms with E-state index < -0.39 is 0 Å². The average molecular weight is 427 g/mol. The molecule has 3 aromatic carbocycles. The second kappa shape index (κ2) is 8.98. The van der Waals surface area contributed by atoms with Crippen LogP contribution in [0.2, 0.25) is 0 Å². The third kappa shape index (κ3) is 4.34. The first-order chi connectivity index (χ1) is 15.5. The Morgan fingerprint density at radius 2 is 1.44 bits per heavy atom. The second-order valence-electron chi connectivity index (χ2n) is 7.77. The van der Waals surface area contributed by atoms with Gasteiger partial charge in [-0.25, -0.2) is 4.98 Å². The second-order valence-corrected chi connectivity index (χ2v) is 7.77. The molecule has 0 aliphatic rings. The van der Waals surface area contributed by atoms with Crippen LogP contribution in [-0.4, -0.2) is 17.1 Å². The molecule has 162 valence electrons. The fourth-order valence-electron chi connectivity index (χ4n) is 3.58. The van der Waals surface area contributed by atoms with Crippen molar-refractivity contribution < 1.29 is 9.47 Å². The van der Waals surface area contributed by atoms with Crippen LogP contribution in [0.5, 0.6) is 17.2 Å². The number of hydrogen-bond acceptors (Lipinski definition) is 6. The zero-order valence-corrected chi connectivity index (χ0v) is 18.4. The molecule has 0 fully saturated rings. The standard InChI is InChI=1S/C26H26N4O2/c1-16(2)20-13-22(31-3)21(14-23(20)32-24-15-29-26(28)30-25(24)27)19-11-9-18(10-12-19)17-7-5-4-6-8-17/h4-16H,1-3H3,(H4,27,28,29,30). The molecular weight excluding hydrogens is 400 g/mol. The highest BCUT2D eigenvalue weighted by atomic mass is 16.5. The van der Waals surface area contributed by atoms with E-state index in [1.54, 1.807) is 7.11 Å². The molecule has 4 N–H and O–H groups in total. The molecule has 1 heterocycles. The zero-order chi connectivity index (χ0) is 22.7. The maximum atomic E-state index is 6.15. The number of nitrogens with two attached hydrogens (primary N) is 2. The van der Waals surface area contributed by atoms with Crippen molar-refractivity contribution in [3.63, 3.8) is 0 Å². The SMILES string of the molecule is COc1cc(C(C)C)c(Oc2cnc(N)nc2N)cc1-c1ccc(-c2ccccc2)cc1. The molecule has 0 saturated carbocycles. The van der Waals surface area contributed by atoms with Crippen LogP contribution in [0.1, 0.15) is 25.3 Å². The number of anilines is 2. The molecule has 0 aliphatic carbocycles. The van der Waals surface area contributed by atoms with E-state index in [0.29, 0.717) is 11.5 Å². The van der Waals surface area contributed by atoms with Crippen molar-refractivity contribution in [2.75, 3.05) is 18.6 Å². The minimum Gasteiger partial charge on any atom is -0.496 e. The summed E-state index contributed by atoms with van der Waals surface area (Å²) in [4.78, 5) is 7.99. The van der Waals surface area contributed by atoms with Crippen molar-refractivity contribution >= 4 is 11.8 Å². The maximum absolute atomic E-state index is 6.15. The Balaban J connectivity index is 1.77. The van der Waals surface area contributed by atoms with E-state index in [9.17, 15) is 0 Å². The first kappa shape index (κ1) is 21.2. The van der Waals surface area contributed by atoms with Crippen LogP contribution < -0.4 is 20.9 Å². The Bertz CT molecular complexity index is 1220. The van der Waals surface area contributed by atoms with E-state index in [-0.39, 0.29) is 17.7 Å². The van der Waals surface area contributed by atoms with Gasteiger partial charge in [0.1, 0.15) is 11.5 Å². The van der Waals surface area contributed by atoms with Gasteiger partial charge < -0.3 is 20.9 Å². The fourth-order valence-corrected chi connectivity index (χ4v) is 3.58. The van der Waals surface area contributed by atoms with Gasteiger partial charge in [-0.3, -0.25) is 0 Å². The normalized spacial score (nSPS) is 10.9. The van der Waals surface area contributed by atoms with Crippen molar-refractivity contribution in [3.05, 3.63) is 78.5 Å². The predicted molar refractivity (Wildman–Crippen MR) is 129 cm³/mol. The molecule has 0 radical (unpaired) electrons. The van der Waals surface area contributed by atoms with Crippen LogP contribution in [0.15, 0.2) is 72.9 Å². The number of nitrogen functional groups attached to an aromatic ring is 2. The minimum atomic E-state index is 0.104. The van der Waals surface area contributed by atoms with E-state index in [2.05, 4.69) is 60.2 Å². The van der Waals surface area contributed by atoms with Crippen LogP contribution in [-0.2, 0) is 0 Å². The minimum absolute atomic E-state index is 0.104. The first-order valence-electron chi connectivity index (χ1n) is 10.4. The molecule has 0 atom stereocenters. The molecule has 0 unspecified atom stereocenters. The van der Waals surface area contributed by atoms with Gasteiger partial charge in [-0.15, -0.1) is 0 Å². The van der Waals surface area contributed by atoms with E-state index in [4.69, 9.17) is 20.9 Å². The molecule has 4 rings (SSSR count). The van der Waals surface area contributed by atoms with E-state index in [1.807, 2.05) is 30.3 Å². The molecule has 32 heavy (non-hydrogen) atoms. The van der Waals surface area contributed by atoms with E-state index in [1.165, 1.54) is 11.8 Å². The van der Waals surface area contributed by atoms with Gasteiger partial charge in [0.15, 0.2) is 11.6 Å². The van der Waals surface area contributed by atoms with Crippen molar-refractivity contribution in [2.45, 2.75) is 19.8 Å². The van der Waals surface area contributed by atoms with Gasteiger partial charge in [-0.1, -0.05) is 68.4 Å². The molecule has 0 amide bonds. The topological polar surface area (TPSA) is 96.3 Å². The van der Waals surface area contributed by atoms with Crippen molar-refractivity contribution in [2.24, 2.45) is 0 Å². The molecular formula is C26H26N4O2. The van der Waals surface area contributed by atoms with E-state index >= 15 is 0 Å². The summed E-state index contributed by atoms with van der Waals surface area (Å²) in [6.07, 6.45) is 1.49. The molecule has 0 aliphatic heterocycles. The Labute approximate surface area is 187 Å². The van der Waals surface area contributed by atoms with Gasteiger partial charge in [-0.05, 0) is 34.7 Å². The van der Waals surface area contributed by atoms with Gasteiger partial charge in [0.05, 0.1) is 13.3 Å². The number of rotatable bonds is 6. The summed E-state index contributed by atoms with van der Waals surface area (Å²) < 4.78 is 11.9. The Hall–Kier alpha value is -4.06. The number of benzene rings is 3. The fraction of sp³-hybridized carbons (Fsp3) is 0.154. The van der Waals surface area contributed by atoms with Crippen LogP contribution in [0.3, 0.4) is 0 Å². The smallest absolute Gasteiger partial charge is 0.222 e. The lowest BCUT2D eigenvalue weighted by Crippen LogP contribution is -2.03. The number of ether oxygens (including phenoxy) is 2. The zero-order valence-electron chi connectivity index (χ0n) is 18.4. The number of nitrogens with zero attached hydrogens (tertiary/aromatic N) is 2. The molecule has 0 bridgehead atoms. The summed E-state index contributed by atoms with van der Waals surface area (Å²) in [7, 11) is 1.67. The molecule has 0 spiro atoms. The summed E-state index contributed by atoms with van der Waals surface area (Å²) in [5.41, 5.74) is 16.9. The van der Waals surface area contributed by atoms with Crippen LogP contribution in [0.25, 0.3) is 22.3 Å². The third-order valence-electron chi connectivity index (χ3n) is 5.28. The molecule has 0 saturated heterocycles. The summed E-state index contributed by atoms with van der Waals surface area (Å²) >= 11 is 0. The average Bonchev–Trinajstić information content (AvgIpc) is 2.81. The van der Waals surface area contributed by atoms with Gasteiger partial charge in [-0.2, -0.15) is 4.98 Å². The summed E-state index contributed by atoms with van der Waals surface area (Å²) in [6.45, 7) is 4.19. The van der Waals surface area contributed by atoms with Gasteiger partial charge in [0, 0.05) is 11.1 Å². The largest absolute Gasteiger partial charge is 0.496 e. The van der Waals surface area contributed by atoms with Crippen molar-refractivity contribution in [3.8, 4) is 39.5 Å². The van der Waals surface area contributed by atoms with Gasteiger partial charge >= 0.3 is 0 Å². The Morgan fingerprint density at radius 3 is 2.06 bits per heavy atom. The molecule has 6 nitrogen and oxygen atoms in total. The van der Waals surface area contributed by atoms with Gasteiger partial charge in [0.2, 0.25) is 5.95 Å². The highest BCUT2D eigenvalue weighted by Crippen LogP contribution is 2.41. The third-order valence-corrected chi connectivity index (χ3v) is 5.28. The molecule has 6 heteroatoms. The van der Waals surface area contributed by atoms with Crippen LogP contribution in [0.4, 0.5) is 11.8 Å². The highest BCUT2D eigenvalue weighted by Gasteiger charge is 2.18. The monoisotopic (exact) mass is 426 g/mol. The Kier molecular flexibility index (Phi) is 5.94. The summed E-state index contributed by atoms with van der Waals surface area (Å²) in [5.74, 6) is 2.30. The quantitative estimate of drug-likeness (QED) is 0.398. The molecule has 4 aromatic rings. The first-order valence-corrected chi connectivity index (χ1v) is 10.4. The highest BCUT2D eigenvalue weighted by molar-refractivity contribution is 5.76. The van der Waals surface area contributed by atoms with Crippen LogP contribution in [0, 0.1) is 0 Å². The van der Waals surface area contributed by atoms with Crippen molar-refractivity contribution in [1.82, 2.24) is 9.97 Å². The Morgan fingerprint density at radius 1 is 0.781 bits per heavy atom. The maximum Gasteiger partial charge on any atom is 0.222 e. The summed E-state index contributed by atoms with van der Waals surface area (Å²) in [6, 6.07) is 22.6. The lowest BCUT2D eigenvalue weighted by Gasteiger charge is -2.19. The number of aromatic nitrogens is 2. The molecule has 1 aromatic heterocycles. The van der Waals surface area contributed by atoms with Gasteiger partial charge in [0.25, 0.3) is 0 Å². The summed E-state index contributed by atoms with van der Waals surface area (Å²) in [5, 5.41) is 0. The number of hydrogen-bond donors (Lipinski definition) is 2. The predicted octanol–water partition coefficient (Wildman–Crippen LogP) is 5.90.